The number of likely N-dealkylation sites (tertiary alicyclic amines) is 1. The van der Waals surface area contributed by atoms with Gasteiger partial charge in [-0.1, -0.05) is 23.4 Å². The first-order chi connectivity index (χ1) is 10.8. The quantitative estimate of drug-likeness (QED) is 0.862. The molecule has 0 spiro atoms. The third-order valence-electron chi connectivity index (χ3n) is 4.60. The van der Waals surface area contributed by atoms with Crippen LogP contribution >= 0.6 is 0 Å². The normalized spacial score (nSPS) is 24.6. The summed E-state index contributed by atoms with van der Waals surface area (Å²) in [6, 6.07) is 8.47. The third kappa shape index (κ3) is 2.38. The highest BCUT2D eigenvalue weighted by Crippen LogP contribution is 2.31. The Morgan fingerprint density at radius 1 is 1.36 bits per heavy atom. The Bertz CT molecular complexity index is 657. The van der Waals surface area contributed by atoms with E-state index in [0.29, 0.717) is 6.61 Å². The molecule has 116 valence electrons. The first kappa shape index (κ1) is 13.7. The van der Waals surface area contributed by atoms with Crippen molar-refractivity contribution in [3.8, 4) is 5.75 Å². The number of piperidine rings is 1. The highest BCUT2D eigenvalue weighted by Gasteiger charge is 2.36. The standard InChI is InChI=1S/C16H20N4O2/c1-21-15-5-3-2-4-12(15)9-19-7-6-16-14(10-19)20-13(11-22-16)8-17-18-20/h2-5,8,14,16H,6-7,9-11H2,1H3/t14-,16-/m1/s1. The van der Waals surface area contributed by atoms with Gasteiger partial charge in [-0.15, -0.1) is 5.10 Å². The van der Waals surface area contributed by atoms with Crippen LogP contribution in [0.4, 0.5) is 0 Å². The molecule has 0 amide bonds. The van der Waals surface area contributed by atoms with Crippen molar-refractivity contribution >= 4 is 0 Å². The second kappa shape index (κ2) is 5.70. The van der Waals surface area contributed by atoms with Crippen LogP contribution in [-0.4, -0.2) is 46.2 Å². The van der Waals surface area contributed by atoms with Crippen molar-refractivity contribution in [3.63, 3.8) is 0 Å². The van der Waals surface area contributed by atoms with E-state index in [4.69, 9.17) is 9.47 Å². The van der Waals surface area contributed by atoms with E-state index in [0.717, 1.165) is 37.5 Å². The maximum atomic E-state index is 5.96. The number of fused-ring (bicyclic) bond motifs is 3. The van der Waals surface area contributed by atoms with Crippen LogP contribution in [0.5, 0.6) is 5.75 Å². The molecule has 0 bridgehead atoms. The Balaban J connectivity index is 1.52. The van der Waals surface area contributed by atoms with Gasteiger partial charge in [-0.2, -0.15) is 0 Å². The Labute approximate surface area is 129 Å². The lowest BCUT2D eigenvalue weighted by molar-refractivity contribution is -0.0670. The molecule has 0 saturated carbocycles. The lowest BCUT2D eigenvalue weighted by Crippen LogP contribution is -2.47. The first-order valence-corrected chi connectivity index (χ1v) is 7.70. The van der Waals surface area contributed by atoms with Gasteiger partial charge in [-0.05, 0) is 12.5 Å². The summed E-state index contributed by atoms with van der Waals surface area (Å²) in [5, 5.41) is 8.28. The summed E-state index contributed by atoms with van der Waals surface area (Å²) in [4.78, 5) is 2.44. The van der Waals surface area contributed by atoms with E-state index >= 15 is 0 Å². The van der Waals surface area contributed by atoms with Crippen LogP contribution < -0.4 is 4.74 Å². The van der Waals surface area contributed by atoms with Gasteiger partial charge < -0.3 is 9.47 Å². The zero-order chi connectivity index (χ0) is 14.9. The lowest BCUT2D eigenvalue weighted by atomic mass is 9.99. The Morgan fingerprint density at radius 3 is 3.18 bits per heavy atom. The molecular formula is C16H20N4O2. The number of para-hydroxylation sites is 1. The van der Waals surface area contributed by atoms with E-state index < -0.39 is 0 Å². The van der Waals surface area contributed by atoms with Crippen molar-refractivity contribution in [2.24, 2.45) is 0 Å². The van der Waals surface area contributed by atoms with Crippen LogP contribution in [0.2, 0.25) is 0 Å². The van der Waals surface area contributed by atoms with Crippen LogP contribution in [0, 0.1) is 0 Å². The molecule has 6 heteroatoms. The number of ether oxygens (including phenoxy) is 2. The predicted octanol–water partition coefficient (Wildman–Crippen LogP) is 1.63. The molecule has 2 aromatic rings. The average molecular weight is 300 g/mol. The number of benzene rings is 1. The Hall–Kier alpha value is -1.92. The van der Waals surface area contributed by atoms with Crippen molar-refractivity contribution in [2.75, 3.05) is 20.2 Å². The van der Waals surface area contributed by atoms with Gasteiger partial charge in [-0.25, -0.2) is 4.68 Å². The summed E-state index contributed by atoms with van der Waals surface area (Å²) in [5.41, 5.74) is 2.29. The minimum Gasteiger partial charge on any atom is -0.496 e. The highest BCUT2D eigenvalue weighted by atomic mass is 16.5. The second-order valence-electron chi connectivity index (χ2n) is 5.92. The average Bonchev–Trinajstić information content (AvgIpc) is 3.04. The minimum atomic E-state index is 0.253. The monoisotopic (exact) mass is 300 g/mol. The molecule has 4 rings (SSSR count). The molecule has 1 aromatic heterocycles. The summed E-state index contributed by atoms with van der Waals surface area (Å²) >= 11 is 0. The maximum absolute atomic E-state index is 5.96. The van der Waals surface area contributed by atoms with E-state index in [-0.39, 0.29) is 12.1 Å². The number of hydrogen-bond donors (Lipinski definition) is 0. The van der Waals surface area contributed by atoms with Crippen LogP contribution in [0.1, 0.15) is 23.7 Å². The van der Waals surface area contributed by atoms with E-state index in [1.165, 1.54) is 5.56 Å². The third-order valence-corrected chi connectivity index (χ3v) is 4.60. The first-order valence-electron chi connectivity index (χ1n) is 7.70. The Morgan fingerprint density at radius 2 is 2.27 bits per heavy atom. The largest absolute Gasteiger partial charge is 0.496 e. The Kier molecular flexibility index (Phi) is 3.56. The van der Waals surface area contributed by atoms with Crippen LogP contribution in [-0.2, 0) is 17.9 Å². The highest BCUT2D eigenvalue weighted by molar-refractivity contribution is 5.33. The predicted molar refractivity (Wildman–Crippen MR) is 80.5 cm³/mol. The topological polar surface area (TPSA) is 52.4 Å². The molecule has 0 aliphatic carbocycles. The molecule has 1 fully saturated rings. The fourth-order valence-electron chi connectivity index (χ4n) is 3.46. The van der Waals surface area contributed by atoms with E-state index in [1.54, 1.807) is 13.3 Å². The van der Waals surface area contributed by atoms with Crippen LogP contribution in [0.15, 0.2) is 30.5 Å². The zero-order valence-electron chi connectivity index (χ0n) is 12.7. The van der Waals surface area contributed by atoms with E-state index in [2.05, 4.69) is 27.3 Å². The van der Waals surface area contributed by atoms with Crippen molar-refractivity contribution < 1.29 is 9.47 Å². The van der Waals surface area contributed by atoms with Crippen LogP contribution in [0.25, 0.3) is 0 Å². The number of rotatable bonds is 3. The molecule has 22 heavy (non-hydrogen) atoms. The lowest BCUT2D eigenvalue weighted by Gasteiger charge is -2.41. The summed E-state index contributed by atoms with van der Waals surface area (Å²) in [7, 11) is 1.72. The minimum absolute atomic E-state index is 0.253. The van der Waals surface area contributed by atoms with Crippen molar-refractivity contribution in [3.05, 3.63) is 41.7 Å². The van der Waals surface area contributed by atoms with Gasteiger partial charge in [-0.3, -0.25) is 4.90 Å². The van der Waals surface area contributed by atoms with Gasteiger partial charge in [0, 0.05) is 25.2 Å². The van der Waals surface area contributed by atoms with Gasteiger partial charge in [0.05, 0.1) is 37.8 Å². The molecule has 2 aliphatic rings. The summed E-state index contributed by atoms with van der Waals surface area (Å²) in [6.45, 7) is 3.47. The van der Waals surface area contributed by atoms with Gasteiger partial charge in [0.25, 0.3) is 0 Å². The molecule has 1 saturated heterocycles. The zero-order valence-corrected chi connectivity index (χ0v) is 12.7. The fourth-order valence-corrected chi connectivity index (χ4v) is 3.46. The molecular weight excluding hydrogens is 280 g/mol. The van der Waals surface area contributed by atoms with Gasteiger partial charge >= 0.3 is 0 Å². The number of hydrogen-bond acceptors (Lipinski definition) is 5. The SMILES string of the molecule is COc1ccccc1CN1CC[C@H]2OCc3cnnn3[C@@H]2C1. The molecule has 2 aliphatic heterocycles. The molecule has 3 heterocycles. The van der Waals surface area contributed by atoms with Crippen molar-refractivity contribution in [2.45, 2.75) is 31.7 Å². The van der Waals surface area contributed by atoms with Crippen molar-refractivity contribution in [1.29, 1.82) is 0 Å². The summed E-state index contributed by atoms with van der Waals surface area (Å²) < 4.78 is 13.5. The molecule has 0 N–H and O–H groups in total. The summed E-state index contributed by atoms with van der Waals surface area (Å²) in [6.07, 6.45) is 3.08. The van der Waals surface area contributed by atoms with Gasteiger partial charge in [0.15, 0.2) is 0 Å². The molecule has 0 radical (unpaired) electrons. The smallest absolute Gasteiger partial charge is 0.123 e. The number of aromatic nitrogens is 3. The molecule has 2 atom stereocenters. The van der Waals surface area contributed by atoms with Gasteiger partial charge in [0.2, 0.25) is 0 Å². The number of methoxy groups -OCH3 is 1. The molecule has 1 aromatic carbocycles. The van der Waals surface area contributed by atoms with E-state index in [1.807, 2.05) is 16.8 Å². The maximum Gasteiger partial charge on any atom is 0.123 e. The number of nitrogens with zero attached hydrogens (tertiary/aromatic N) is 4. The fraction of sp³-hybridized carbons (Fsp3) is 0.500. The van der Waals surface area contributed by atoms with Crippen LogP contribution in [0.3, 0.4) is 0 Å². The molecule has 0 unspecified atom stereocenters. The second-order valence-corrected chi connectivity index (χ2v) is 5.92. The van der Waals surface area contributed by atoms with E-state index in [9.17, 15) is 0 Å². The van der Waals surface area contributed by atoms with Gasteiger partial charge in [0.1, 0.15) is 5.75 Å². The molecule has 6 nitrogen and oxygen atoms in total. The summed E-state index contributed by atoms with van der Waals surface area (Å²) in [5.74, 6) is 0.950. The van der Waals surface area contributed by atoms with Crippen molar-refractivity contribution in [1.82, 2.24) is 19.9 Å².